The van der Waals surface area contributed by atoms with Gasteiger partial charge in [0, 0.05) is 74.5 Å². The predicted molar refractivity (Wildman–Crippen MR) is 189 cm³/mol. The van der Waals surface area contributed by atoms with E-state index in [0.29, 0.717) is 61.8 Å². The number of carbonyl (C=O) groups is 2. The van der Waals surface area contributed by atoms with Crippen LogP contribution in [-0.2, 0) is 41.6 Å². The standard InChI is InChI=1S/C32H40N6O10S2/c39-31(27(35-47-29-11-1-3-15-45-29)21-23-7-5-9-25(19-23)37(41)42)33-13-17-49-50-18-14-34-32(40)28(36-48-30-12-2-4-16-46-30)22-24-8-6-10-26(20-24)38(43)44/h5-10,19-20,29-30H,1-4,11-18,21-22H2,(H,33,39)(H,34,40)/b35-27-,36-28-. The summed E-state index contributed by atoms with van der Waals surface area (Å²) >= 11 is 0. The number of nitrogens with zero attached hydrogens (tertiary/aromatic N) is 4. The van der Waals surface area contributed by atoms with Gasteiger partial charge in [-0.1, -0.05) is 56.2 Å². The summed E-state index contributed by atoms with van der Waals surface area (Å²) in [5, 5.41) is 36.2. The number of rotatable bonds is 19. The maximum Gasteiger partial charge on any atom is 0.269 e. The van der Waals surface area contributed by atoms with Gasteiger partial charge in [-0.15, -0.1) is 0 Å². The minimum Gasteiger partial charge on any atom is -0.363 e. The zero-order valence-corrected chi connectivity index (χ0v) is 29.0. The maximum absolute atomic E-state index is 13.0. The number of non-ortho nitro benzene ring substituents is 2. The average molecular weight is 733 g/mol. The summed E-state index contributed by atoms with van der Waals surface area (Å²) in [7, 11) is 2.99. The van der Waals surface area contributed by atoms with E-state index in [9.17, 15) is 29.8 Å². The first-order valence-corrected chi connectivity index (χ1v) is 18.7. The molecule has 0 saturated carbocycles. The van der Waals surface area contributed by atoms with Gasteiger partial charge >= 0.3 is 0 Å². The van der Waals surface area contributed by atoms with Crippen LogP contribution in [-0.4, -0.2) is 83.5 Å². The summed E-state index contributed by atoms with van der Waals surface area (Å²) in [6.45, 7) is 1.73. The number of ether oxygens (including phenoxy) is 2. The molecule has 0 radical (unpaired) electrons. The lowest BCUT2D eigenvalue weighted by atomic mass is 10.1. The third-order valence-electron chi connectivity index (χ3n) is 7.37. The van der Waals surface area contributed by atoms with Crippen molar-refractivity contribution in [2.24, 2.45) is 10.3 Å². The van der Waals surface area contributed by atoms with E-state index in [4.69, 9.17) is 19.1 Å². The topological polar surface area (TPSA) is 206 Å². The Kier molecular flexibility index (Phi) is 16.2. The molecule has 0 aromatic heterocycles. The molecule has 2 unspecified atom stereocenters. The van der Waals surface area contributed by atoms with Crippen LogP contribution in [0.15, 0.2) is 58.8 Å². The number of benzene rings is 2. The summed E-state index contributed by atoms with van der Waals surface area (Å²) in [6.07, 6.45) is 3.97. The molecule has 50 heavy (non-hydrogen) atoms. The lowest BCUT2D eigenvalue weighted by molar-refractivity contribution is -0.385. The van der Waals surface area contributed by atoms with Gasteiger partial charge in [0.1, 0.15) is 11.4 Å². The van der Waals surface area contributed by atoms with E-state index >= 15 is 0 Å². The van der Waals surface area contributed by atoms with Gasteiger partial charge in [-0.2, -0.15) is 0 Å². The molecule has 2 aromatic carbocycles. The summed E-state index contributed by atoms with van der Waals surface area (Å²) < 4.78 is 11.1. The van der Waals surface area contributed by atoms with Crippen LogP contribution in [0.2, 0.25) is 0 Å². The van der Waals surface area contributed by atoms with Crippen LogP contribution in [0, 0.1) is 20.2 Å². The highest BCUT2D eigenvalue weighted by molar-refractivity contribution is 8.76. The first-order valence-electron chi connectivity index (χ1n) is 16.2. The molecule has 4 rings (SSSR count). The largest absolute Gasteiger partial charge is 0.363 e. The van der Waals surface area contributed by atoms with Gasteiger partial charge in [0.15, 0.2) is 0 Å². The van der Waals surface area contributed by atoms with E-state index < -0.39 is 34.2 Å². The molecular formula is C32H40N6O10S2. The lowest BCUT2D eigenvalue weighted by Gasteiger charge is -2.20. The number of hydrogen-bond donors (Lipinski definition) is 2. The van der Waals surface area contributed by atoms with Gasteiger partial charge in [0.05, 0.1) is 23.1 Å². The van der Waals surface area contributed by atoms with E-state index in [2.05, 4.69) is 20.9 Å². The van der Waals surface area contributed by atoms with Crippen molar-refractivity contribution < 1.29 is 38.6 Å². The van der Waals surface area contributed by atoms with Gasteiger partial charge in [-0.3, -0.25) is 29.8 Å². The number of oxime groups is 2. The van der Waals surface area contributed by atoms with Crippen molar-refractivity contribution in [2.45, 2.75) is 63.9 Å². The van der Waals surface area contributed by atoms with Crippen LogP contribution >= 0.6 is 21.6 Å². The van der Waals surface area contributed by atoms with Gasteiger partial charge in [-0.25, -0.2) is 0 Å². The first-order chi connectivity index (χ1) is 24.3. The Balaban J connectivity index is 1.22. The second kappa shape index (κ2) is 21.1. The van der Waals surface area contributed by atoms with Crippen LogP contribution in [0.4, 0.5) is 11.4 Å². The Morgan fingerprint density at radius 1 is 0.740 bits per heavy atom. The first kappa shape index (κ1) is 38.5. The zero-order chi connectivity index (χ0) is 35.6. The van der Waals surface area contributed by atoms with Crippen LogP contribution in [0.1, 0.15) is 49.7 Å². The molecule has 2 aliphatic heterocycles. The minimum atomic E-state index is -0.551. The molecule has 0 aliphatic carbocycles. The van der Waals surface area contributed by atoms with Crippen LogP contribution in [0.5, 0.6) is 0 Å². The van der Waals surface area contributed by atoms with Crippen molar-refractivity contribution >= 4 is 56.2 Å². The fraction of sp³-hybridized carbons (Fsp3) is 0.500. The summed E-state index contributed by atoms with van der Waals surface area (Å²) in [5.41, 5.74) is 1.05. The Bertz CT molecular complexity index is 1400. The Morgan fingerprint density at radius 2 is 1.18 bits per heavy atom. The summed E-state index contributed by atoms with van der Waals surface area (Å²) in [4.78, 5) is 58.5. The van der Waals surface area contributed by atoms with E-state index in [1.165, 1.54) is 45.9 Å². The molecule has 2 fully saturated rings. The monoisotopic (exact) mass is 732 g/mol. The number of nitro benzene ring substituents is 2. The Labute approximate surface area is 296 Å². The van der Waals surface area contributed by atoms with Crippen LogP contribution in [0.3, 0.4) is 0 Å². The molecular weight excluding hydrogens is 693 g/mol. The number of nitro groups is 2. The molecule has 270 valence electrons. The van der Waals surface area contributed by atoms with Gasteiger partial charge in [-0.05, 0) is 36.8 Å². The van der Waals surface area contributed by atoms with Crippen molar-refractivity contribution in [3.8, 4) is 0 Å². The molecule has 0 bridgehead atoms. The smallest absolute Gasteiger partial charge is 0.269 e. The summed E-state index contributed by atoms with van der Waals surface area (Å²) in [5.74, 6) is 0.189. The van der Waals surface area contributed by atoms with Gasteiger partial charge in [0.25, 0.3) is 23.2 Å². The molecule has 2 amide bonds. The quantitative estimate of drug-likeness (QED) is 0.0663. The molecule has 0 spiro atoms. The molecule has 18 heteroatoms. The average Bonchev–Trinajstić information content (AvgIpc) is 3.13. The molecule has 16 nitrogen and oxygen atoms in total. The molecule has 2 atom stereocenters. The highest BCUT2D eigenvalue weighted by Crippen LogP contribution is 2.20. The SMILES string of the molecule is O=C(NCCSSCCNC(=O)/C(Cc1cccc([N+](=O)[O-])c1)=N\OC1CCCCO1)/C(Cc1cccc([N+](=O)[O-])c1)=N\OC1CCCCO1. The molecule has 2 heterocycles. The van der Waals surface area contributed by atoms with E-state index in [1.807, 2.05) is 0 Å². The number of carbonyl (C=O) groups excluding carboxylic acids is 2. The maximum atomic E-state index is 13.0. The third-order valence-corrected chi connectivity index (χ3v) is 9.78. The number of amides is 2. The predicted octanol–water partition coefficient (Wildman–Crippen LogP) is 4.70. The van der Waals surface area contributed by atoms with Crippen LogP contribution in [0.25, 0.3) is 0 Å². The van der Waals surface area contributed by atoms with Gasteiger partial charge in [0.2, 0.25) is 12.6 Å². The number of nitrogens with one attached hydrogen (secondary N) is 2. The van der Waals surface area contributed by atoms with Crippen LogP contribution < -0.4 is 10.6 Å². The number of hydrogen-bond acceptors (Lipinski definition) is 14. The second-order valence-corrected chi connectivity index (χ2v) is 13.9. The fourth-order valence-electron chi connectivity index (χ4n) is 4.82. The lowest BCUT2D eigenvalue weighted by Crippen LogP contribution is -2.35. The van der Waals surface area contributed by atoms with E-state index in [-0.39, 0.29) is 35.6 Å². The zero-order valence-electron chi connectivity index (χ0n) is 27.4. The second-order valence-electron chi connectivity index (χ2n) is 11.2. The van der Waals surface area contributed by atoms with Crippen molar-refractivity contribution in [3.63, 3.8) is 0 Å². The normalized spacial score (nSPS) is 18.2. The molecule has 2 aromatic rings. The fourth-order valence-corrected chi connectivity index (χ4v) is 6.64. The van der Waals surface area contributed by atoms with Crippen molar-refractivity contribution in [1.29, 1.82) is 0 Å². The van der Waals surface area contributed by atoms with E-state index in [1.54, 1.807) is 24.3 Å². The molecule has 2 aliphatic rings. The van der Waals surface area contributed by atoms with Gasteiger partial charge < -0.3 is 29.8 Å². The minimum absolute atomic E-state index is 0.0347. The summed E-state index contributed by atoms with van der Waals surface area (Å²) in [6, 6.07) is 12.0. The Morgan fingerprint density at radius 3 is 1.56 bits per heavy atom. The highest BCUT2D eigenvalue weighted by Gasteiger charge is 2.21. The third kappa shape index (κ3) is 13.6. The van der Waals surface area contributed by atoms with Crippen molar-refractivity contribution in [1.82, 2.24) is 10.6 Å². The molecule has 2 saturated heterocycles. The molecule has 2 N–H and O–H groups in total. The van der Waals surface area contributed by atoms with Crippen molar-refractivity contribution in [3.05, 3.63) is 79.9 Å². The highest BCUT2D eigenvalue weighted by atomic mass is 33.1. The van der Waals surface area contributed by atoms with Crippen molar-refractivity contribution in [2.75, 3.05) is 37.8 Å². The van der Waals surface area contributed by atoms with E-state index in [0.717, 1.165) is 25.7 Å². The Hall–Kier alpha value is -4.26.